The van der Waals surface area contributed by atoms with Crippen molar-refractivity contribution in [3.63, 3.8) is 0 Å². The highest BCUT2D eigenvalue weighted by Gasteiger charge is 2.13. The van der Waals surface area contributed by atoms with Gasteiger partial charge in [0, 0.05) is 30.4 Å². The first-order valence-electron chi connectivity index (χ1n) is 6.12. The number of fused-ring (bicyclic) bond motifs is 1. The zero-order valence-corrected chi connectivity index (χ0v) is 9.97. The molecule has 0 bridgehead atoms. The molecule has 0 spiro atoms. The molecule has 1 aromatic carbocycles. The van der Waals surface area contributed by atoms with Gasteiger partial charge in [-0.15, -0.1) is 0 Å². The molecule has 1 aliphatic rings. The van der Waals surface area contributed by atoms with Crippen LogP contribution in [0.3, 0.4) is 0 Å². The standard InChI is InChI=1S/C14H14N2O2/c17-14(18)11-7-10-8-12(16-5-1-2-6-16)3-4-13(10)15-9-11/h3-4,7-9H,1-2,5-6H2,(H,17,18). The fraction of sp³-hybridized carbons (Fsp3) is 0.286. The number of hydrogen-bond donors (Lipinski definition) is 1. The number of hydrogen-bond acceptors (Lipinski definition) is 3. The Balaban J connectivity index is 2.06. The van der Waals surface area contributed by atoms with Crippen LogP contribution >= 0.6 is 0 Å². The Morgan fingerprint density at radius 2 is 2.00 bits per heavy atom. The molecule has 1 aliphatic heterocycles. The van der Waals surface area contributed by atoms with Crippen molar-refractivity contribution in [2.75, 3.05) is 18.0 Å². The van der Waals surface area contributed by atoms with Crippen LogP contribution in [-0.4, -0.2) is 29.1 Å². The third kappa shape index (κ3) is 1.90. The average molecular weight is 242 g/mol. The SMILES string of the molecule is O=C(O)c1cnc2ccc(N3CCCC3)cc2c1. The van der Waals surface area contributed by atoms with Gasteiger partial charge in [-0.05, 0) is 37.1 Å². The van der Waals surface area contributed by atoms with Crippen LogP contribution in [0.1, 0.15) is 23.2 Å². The summed E-state index contributed by atoms with van der Waals surface area (Å²) >= 11 is 0. The number of carboxylic acid groups (broad SMARTS) is 1. The van der Waals surface area contributed by atoms with E-state index in [1.807, 2.05) is 12.1 Å². The van der Waals surface area contributed by atoms with E-state index in [0.717, 1.165) is 29.7 Å². The molecule has 1 fully saturated rings. The van der Waals surface area contributed by atoms with Gasteiger partial charge in [0.2, 0.25) is 0 Å². The van der Waals surface area contributed by atoms with Crippen molar-refractivity contribution in [2.45, 2.75) is 12.8 Å². The number of benzene rings is 1. The number of carboxylic acids is 1. The molecular formula is C14H14N2O2. The van der Waals surface area contributed by atoms with Crippen molar-refractivity contribution in [1.82, 2.24) is 4.98 Å². The fourth-order valence-corrected chi connectivity index (χ4v) is 2.41. The molecule has 1 N–H and O–H groups in total. The highest BCUT2D eigenvalue weighted by Crippen LogP contribution is 2.24. The van der Waals surface area contributed by atoms with E-state index in [-0.39, 0.29) is 5.56 Å². The number of nitrogens with zero attached hydrogens (tertiary/aromatic N) is 2. The molecule has 2 heterocycles. The quantitative estimate of drug-likeness (QED) is 0.879. The van der Waals surface area contributed by atoms with Crippen molar-refractivity contribution >= 4 is 22.6 Å². The van der Waals surface area contributed by atoms with E-state index in [4.69, 9.17) is 5.11 Å². The van der Waals surface area contributed by atoms with Crippen molar-refractivity contribution in [1.29, 1.82) is 0 Å². The lowest BCUT2D eigenvalue weighted by Gasteiger charge is -2.17. The number of aromatic carboxylic acids is 1. The molecule has 92 valence electrons. The molecule has 2 aromatic rings. The minimum atomic E-state index is -0.934. The smallest absolute Gasteiger partial charge is 0.337 e. The Morgan fingerprint density at radius 3 is 2.72 bits per heavy atom. The normalized spacial score (nSPS) is 15.2. The minimum Gasteiger partial charge on any atom is -0.478 e. The predicted octanol–water partition coefficient (Wildman–Crippen LogP) is 2.53. The lowest BCUT2D eigenvalue weighted by Crippen LogP contribution is -2.17. The molecule has 0 saturated carbocycles. The van der Waals surface area contributed by atoms with E-state index in [2.05, 4.69) is 16.0 Å². The number of pyridine rings is 1. The lowest BCUT2D eigenvalue weighted by molar-refractivity contribution is 0.0696. The maximum atomic E-state index is 10.9. The van der Waals surface area contributed by atoms with Gasteiger partial charge >= 0.3 is 5.97 Å². The maximum Gasteiger partial charge on any atom is 0.337 e. The van der Waals surface area contributed by atoms with Gasteiger partial charge in [-0.25, -0.2) is 4.79 Å². The molecule has 0 aliphatic carbocycles. The second-order valence-electron chi connectivity index (χ2n) is 4.60. The molecule has 4 nitrogen and oxygen atoms in total. The largest absolute Gasteiger partial charge is 0.478 e. The Morgan fingerprint density at radius 1 is 1.22 bits per heavy atom. The molecule has 0 unspecified atom stereocenters. The van der Waals surface area contributed by atoms with Gasteiger partial charge in [-0.3, -0.25) is 4.98 Å². The third-order valence-electron chi connectivity index (χ3n) is 3.38. The minimum absolute atomic E-state index is 0.237. The van der Waals surface area contributed by atoms with Gasteiger partial charge in [0.1, 0.15) is 0 Å². The fourth-order valence-electron chi connectivity index (χ4n) is 2.41. The van der Waals surface area contributed by atoms with Crippen LogP contribution in [0.2, 0.25) is 0 Å². The van der Waals surface area contributed by atoms with E-state index >= 15 is 0 Å². The van der Waals surface area contributed by atoms with Crippen molar-refractivity contribution < 1.29 is 9.90 Å². The van der Waals surface area contributed by atoms with Crippen LogP contribution in [0.5, 0.6) is 0 Å². The molecule has 18 heavy (non-hydrogen) atoms. The summed E-state index contributed by atoms with van der Waals surface area (Å²) in [5.41, 5.74) is 2.23. The summed E-state index contributed by atoms with van der Waals surface area (Å²) in [6.45, 7) is 2.16. The van der Waals surface area contributed by atoms with Crippen LogP contribution < -0.4 is 4.90 Å². The second kappa shape index (κ2) is 4.29. The molecule has 0 radical (unpaired) electrons. The summed E-state index contributed by atoms with van der Waals surface area (Å²) in [5, 5.41) is 9.86. The van der Waals surface area contributed by atoms with Crippen LogP contribution in [0.25, 0.3) is 10.9 Å². The molecule has 3 rings (SSSR count). The van der Waals surface area contributed by atoms with E-state index in [1.165, 1.54) is 19.0 Å². The molecule has 0 amide bonds. The first-order valence-corrected chi connectivity index (χ1v) is 6.12. The lowest BCUT2D eigenvalue weighted by atomic mass is 10.1. The van der Waals surface area contributed by atoms with E-state index < -0.39 is 5.97 Å². The molecular weight excluding hydrogens is 228 g/mol. The molecule has 1 saturated heterocycles. The summed E-state index contributed by atoms with van der Waals surface area (Å²) in [4.78, 5) is 17.4. The van der Waals surface area contributed by atoms with Crippen LogP contribution in [-0.2, 0) is 0 Å². The van der Waals surface area contributed by atoms with Crippen molar-refractivity contribution in [3.05, 3.63) is 36.0 Å². The van der Waals surface area contributed by atoms with E-state index in [0.29, 0.717) is 0 Å². The Labute approximate surface area is 105 Å². The van der Waals surface area contributed by atoms with Crippen LogP contribution in [0.4, 0.5) is 5.69 Å². The maximum absolute atomic E-state index is 10.9. The first kappa shape index (κ1) is 11.0. The Bertz CT molecular complexity index is 604. The zero-order valence-electron chi connectivity index (χ0n) is 9.97. The van der Waals surface area contributed by atoms with E-state index in [1.54, 1.807) is 6.07 Å². The second-order valence-corrected chi connectivity index (χ2v) is 4.60. The van der Waals surface area contributed by atoms with Gasteiger partial charge in [-0.2, -0.15) is 0 Å². The van der Waals surface area contributed by atoms with Gasteiger partial charge in [0.05, 0.1) is 11.1 Å². The summed E-state index contributed by atoms with van der Waals surface area (Å²) in [6, 6.07) is 7.72. The molecule has 4 heteroatoms. The molecule has 1 aromatic heterocycles. The van der Waals surface area contributed by atoms with Gasteiger partial charge < -0.3 is 10.0 Å². The number of carbonyl (C=O) groups is 1. The van der Waals surface area contributed by atoms with Gasteiger partial charge in [0.25, 0.3) is 0 Å². The third-order valence-corrected chi connectivity index (χ3v) is 3.38. The highest BCUT2D eigenvalue weighted by atomic mass is 16.4. The molecule has 0 atom stereocenters. The first-order chi connectivity index (χ1) is 8.74. The average Bonchev–Trinajstić information content (AvgIpc) is 2.91. The van der Waals surface area contributed by atoms with Crippen molar-refractivity contribution in [2.24, 2.45) is 0 Å². The van der Waals surface area contributed by atoms with Crippen LogP contribution in [0, 0.1) is 0 Å². The summed E-state index contributed by atoms with van der Waals surface area (Å²) in [5.74, 6) is -0.934. The van der Waals surface area contributed by atoms with Gasteiger partial charge in [-0.1, -0.05) is 0 Å². The topological polar surface area (TPSA) is 53.4 Å². The number of aromatic nitrogens is 1. The van der Waals surface area contributed by atoms with Gasteiger partial charge in [0.15, 0.2) is 0 Å². The number of rotatable bonds is 2. The predicted molar refractivity (Wildman–Crippen MR) is 70.1 cm³/mol. The number of anilines is 1. The zero-order chi connectivity index (χ0) is 12.5. The summed E-state index contributed by atoms with van der Waals surface area (Å²) in [7, 11) is 0. The summed E-state index contributed by atoms with van der Waals surface area (Å²) in [6.07, 6.45) is 3.86. The van der Waals surface area contributed by atoms with Crippen LogP contribution in [0.15, 0.2) is 30.5 Å². The Hall–Kier alpha value is -2.10. The monoisotopic (exact) mass is 242 g/mol. The highest BCUT2D eigenvalue weighted by molar-refractivity contribution is 5.93. The summed E-state index contributed by atoms with van der Waals surface area (Å²) < 4.78 is 0. The van der Waals surface area contributed by atoms with Crippen molar-refractivity contribution in [3.8, 4) is 0 Å². The Kier molecular flexibility index (Phi) is 2.63. The van der Waals surface area contributed by atoms with E-state index in [9.17, 15) is 4.79 Å².